The largest absolute Gasteiger partial charge is 0.452 e. The van der Waals surface area contributed by atoms with E-state index in [1.807, 2.05) is 0 Å². The molecule has 1 fully saturated rings. The summed E-state index contributed by atoms with van der Waals surface area (Å²) >= 11 is 0. The SMILES string of the molecule is CC(C)(O)Cn1ccc(NC(=O)[C@H](CC2CCCC2)n2ncc(Oc3ccccc3F)cc2=O)n1. The third kappa shape index (κ3) is 6.54. The van der Waals surface area contributed by atoms with Gasteiger partial charge in [-0.1, -0.05) is 37.8 Å². The molecule has 1 atom stereocenters. The number of carbonyl (C=O) groups excluding carboxylic acids is 1. The number of hydrogen-bond donors (Lipinski definition) is 2. The fraction of sp³-hybridized carbons (Fsp3) is 0.440. The van der Waals surface area contributed by atoms with Crippen molar-refractivity contribution in [1.29, 1.82) is 0 Å². The Morgan fingerprint density at radius 3 is 2.71 bits per heavy atom. The molecule has 0 unspecified atom stereocenters. The van der Waals surface area contributed by atoms with Crippen LogP contribution in [-0.4, -0.2) is 36.2 Å². The van der Waals surface area contributed by atoms with Gasteiger partial charge in [-0.15, -0.1) is 0 Å². The van der Waals surface area contributed by atoms with E-state index in [1.54, 1.807) is 42.9 Å². The fourth-order valence-electron chi connectivity index (χ4n) is 4.35. The van der Waals surface area contributed by atoms with Gasteiger partial charge in [0, 0.05) is 18.3 Å². The molecule has 4 rings (SSSR count). The zero-order valence-electron chi connectivity index (χ0n) is 19.9. The lowest BCUT2D eigenvalue weighted by molar-refractivity contribution is -0.120. The van der Waals surface area contributed by atoms with E-state index in [0.29, 0.717) is 18.2 Å². The molecule has 2 N–H and O–H groups in total. The van der Waals surface area contributed by atoms with Gasteiger partial charge >= 0.3 is 0 Å². The number of amides is 1. The monoisotopic (exact) mass is 483 g/mol. The van der Waals surface area contributed by atoms with Gasteiger partial charge < -0.3 is 15.2 Å². The number of nitrogens with one attached hydrogen (secondary N) is 1. The van der Waals surface area contributed by atoms with Gasteiger partial charge in [0.05, 0.1) is 18.3 Å². The molecule has 1 aliphatic carbocycles. The quantitative estimate of drug-likeness (QED) is 0.478. The highest BCUT2D eigenvalue weighted by atomic mass is 19.1. The summed E-state index contributed by atoms with van der Waals surface area (Å²) in [4.78, 5) is 26.2. The lowest BCUT2D eigenvalue weighted by Crippen LogP contribution is -2.36. The maximum absolute atomic E-state index is 13.9. The van der Waals surface area contributed by atoms with Crippen LogP contribution in [0, 0.1) is 11.7 Å². The molecule has 186 valence electrons. The van der Waals surface area contributed by atoms with Crippen molar-refractivity contribution in [1.82, 2.24) is 19.6 Å². The van der Waals surface area contributed by atoms with Gasteiger partial charge in [0.1, 0.15) is 6.04 Å². The van der Waals surface area contributed by atoms with Crippen LogP contribution >= 0.6 is 0 Å². The maximum atomic E-state index is 13.9. The van der Waals surface area contributed by atoms with Crippen molar-refractivity contribution in [2.24, 2.45) is 5.92 Å². The third-order valence-corrected chi connectivity index (χ3v) is 5.94. The summed E-state index contributed by atoms with van der Waals surface area (Å²) in [6, 6.07) is 7.87. The Morgan fingerprint density at radius 2 is 2.03 bits per heavy atom. The number of hydrogen-bond acceptors (Lipinski definition) is 6. The highest BCUT2D eigenvalue weighted by molar-refractivity contribution is 5.92. The number of anilines is 1. The molecule has 10 heteroatoms. The number of aliphatic hydroxyl groups is 1. The summed E-state index contributed by atoms with van der Waals surface area (Å²) in [5.41, 5.74) is -1.48. The smallest absolute Gasteiger partial charge is 0.271 e. The van der Waals surface area contributed by atoms with Crippen LogP contribution in [0.3, 0.4) is 0 Å². The molecule has 0 bridgehead atoms. The summed E-state index contributed by atoms with van der Waals surface area (Å²) in [6.45, 7) is 3.60. The molecule has 1 aromatic carbocycles. The minimum Gasteiger partial charge on any atom is -0.452 e. The van der Waals surface area contributed by atoms with Crippen LogP contribution in [0.15, 0.2) is 53.6 Å². The average Bonchev–Trinajstić information content (AvgIpc) is 3.45. The average molecular weight is 484 g/mol. The number of para-hydroxylation sites is 1. The van der Waals surface area contributed by atoms with Crippen molar-refractivity contribution < 1.29 is 19.0 Å². The second kappa shape index (κ2) is 10.4. The summed E-state index contributed by atoms with van der Waals surface area (Å²) in [6.07, 6.45) is 7.62. The second-order valence-corrected chi connectivity index (χ2v) is 9.61. The molecule has 1 amide bonds. The predicted octanol–water partition coefficient (Wildman–Crippen LogP) is 3.90. The van der Waals surface area contributed by atoms with Crippen LogP contribution in [0.5, 0.6) is 11.5 Å². The molecule has 1 saturated carbocycles. The normalized spacial score (nSPS) is 15.2. The maximum Gasteiger partial charge on any atom is 0.271 e. The Morgan fingerprint density at radius 1 is 1.29 bits per heavy atom. The zero-order valence-corrected chi connectivity index (χ0v) is 19.9. The van der Waals surface area contributed by atoms with E-state index in [0.717, 1.165) is 30.4 Å². The summed E-state index contributed by atoms with van der Waals surface area (Å²) in [7, 11) is 0. The molecule has 3 aromatic rings. The second-order valence-electron chi connectivity index (χ2n) is 9.61. The number of carbonyl (C=O) groups is 1. The van der Waals surface area contributed by atoms with E-state index in [-0.39, 0.29) is 18.0 Å². The van der Waals surface area contributed by atoms with E-state index in [2.05, 4.69) is 15.5 Å². The van der Waals surface area contributed by atoms with E-state index in [1.165, 1.54) is 24.4 Å². The van der Waals surface area contributed by atoms with Crippen LogP contribution in [0.4, 0.5) is 10.2 Å². The van der Waals surface area contributed by atoms with Gasteiger partial charge in [0.15, 0.2) is 23.1 Å². The molecular formula is C25H30FN5O4. The summed E-state index contributed by atoms with van der Waals surface area (Å²) in [5, 5.41) is 21.3. The summed E-state index contributed by atoms with van der Waals surface area (Å²) < 4.78 is 22.1. The first kappa shape index (κ1) is 24.6. The number of nitrogens with zero attached hydrogens (tertiary/aromatic N) is 4. The first-order chi connectivity index (χ1) is 16.7. The van der Waals surface area contributed by atoms with Gasteiger partial charge in [-0.2, -0.15) is 10.2 Å². The zero-order chi connectivity index (χ0) is 25.0. The molecular weight excluding hydrogens is 453 g/mol. The van der Waals surface area contributed by atoms with Gasteiger partial charge in [0.25, 0.3) is 11.5 Å². The van der Waals surface area contributed by atoms with Crippen LogP contribution in [-0.2, 0) is 11.3 Å². The van der Waals surface area contributed by atoms with E-state index < -0.39 is 28.9 Å². The molecule has 0 aliphatic heterocycles. The van der Waals surface area contributed by atoms with Crippen molar-refractivity contribution >= 4 is 11.7 Å². The van der Waals surface area contributed by atoms with Crippen molar-refractivity contribution in [3.63, 3.8) is 0 Å². The number of halogens is 1. The van der Waals surface area contributed by atoms with E-state index in [9.17, 15) is 19.1 Å². The third-order valence-electron chi connectivity index (χ3n) is 5.94. The van der Waals surface area contributed by atoms with Crippen molar-refractivity contribution in [2.45, 2.75) is 64.1 Å². The van der Waals surface area contributed by atoms with Crippen molar-refractivity contribution in [3.8, 4) is 11.5 Å². The van der Waals surface area contributed by atoms with Crippen LogP contribution in [0.1, 0.15) is 52.0 Å². The first-order valence-corrected chi connectivity index (χ1v) is 11.8. The van der Waals surface area contributed by atoms with Crippen LogP contribution < -0.4 is 15.6 Å². The van der Waals surface area contributed by atoms with Crippen LogP contribution in [0.25, 0.3) is 0 Å². The number of ether oxygens (including phenoxy) is 1. The molecule has 2 heterocycles. The molecule has 0 spiro atoms. The predicted molar refractivity (Wildman–Crippen MR) is 128 cm³/mol. The first-order valence-electron chi connectivity index (χ1n) is 11.8. The molecule has 2 aromatic heterocycles. The number of benzene rings is 1. The highest BCUT2D eigenvalue weighted by Crippen LogP contribution is 2.32. The Hall–Kier alpha value is -3.53. The highest BCUT2D eigenvalue weighted by Gasteiger charge is 2.29. The number of aromatic nitrogens is 4. The van der Waals surface area contributed by atoms with E-state index >= 15 is 0 Å². The number of rotatable bonds is 9. The van der Waals surface area contributed by atoms with E-state index in [4.69, 9.17) is 4.74 Å². The Balaban J connectivity index is 1.54. The van der Waals surface area contributed by atoms with Gasteiger partial charge in [-0.25, -0.2) is 9.07 Å². The topological polar surface area (TPSA) is 111 Å². The van der Waals surface area contributed by atoms with Gasteiger partial charge in [0.2, 0.25) is 0 Å². The minimum absolute atomic E-state index is 0.0201. The Kier molecular flexibility index (Phi) is 7.30. The van der Waals surface area contributed by atoms with Crippen LogP contribution in [0.2, 0.25) is 0 Å². The van der Waals surface area contributed by atoms with Gasteiger partial charge in [-0.3, -0.25) is 14.3 Å². The molecule has 35 heavy (non-hydrogen) atoms. The Bertz CT molecular complexity index is 1230. The standard InChI is InChI=1S/C25H30FN5O4/c1-25(2,34)16-30-12-11-22(29-30)28-24(33)20(13-17-7-3-4-8-17)31-23(32)14-18(15-27-31)35-21-10-6-5-9-19(21)26/h5-6,9-12,14-15,17,20,34H,3-4,7-8,13,16H2,1-2H3,(H,28,29,33)/t20-/m0/s1. The molecule has 0 saturated heterocycles. The summed E-state index contributed by atoms with van der Waals surface area (Å²) in [5.74, 6) is -0.262. The minimum atomic E-state index is -0.956. The Labute approximate surface area is 202 Å². The molecule has 0 radical (unpaired) electrons. The molecule has 1 aliphatic rings. The van der Waals surface area contributed by atoms with Gasteiger partial charge in [-0.05, 0) is 38.3 Å². The fourth-order valence-corrected chi connectivity index (χ4v) is 4.35. The molecule has 9 nitrogen and oxygen atoms in total. The van der Waals surface area contributed by atoms with Crippen molar-refractivity contribution in [2.75, 3.05) is 5.32 Å². The van der Waals surface area contributed by atoms with Crippen molar-refractivity contribution in [3.05, 3.63) is 65.0 Å². The lowest BCUT2D eigenvalue weighted by atomic mass is 9.98. The lowest BCUT2D eigenvalue weighted by Gasteiger charge is -2.21.